The Kier molecular flexibility index (Phi) is 8.71. The number of halogens is 3. The number of rotatable bonds is 12. The first kappa shape index (κ1) is 27.2. The summed E-state index contributed by atoms with van der Waals surface area (Å²) in [5.41, 5.74) is 1.00. The maximum absolute atomic E-state index is 13.1. The van der Waals surface area contributed by atoms with Gasteiger partial charge < -0.3 is 18.6 Å². The lowest BCUT2D eigenvalue weighted by Gasteiger charge is -2.23. The summed E-state index contributed by atoms with van der Waals surface area (Å²) >= 11 is 0. The molecule has 0 atom stereocenters. The van der Waals surface area contributed by atoms with Crippen molar-refractivity contribution in [1.82, 2.24) is 0 Å². The van der Waals surface area contributed by atoms with E-state index >= 15 is 0 Å². The summed E-state index contributed by atoms with van der Waals surface area (Å²) in [6.45, 7) is 9.64. The van der Waals surface area contributed by atoms with E-state index in [4.69, 9.17) is 13.9 Å². The molecule has 8 heteroatoms. The number of alkyl halides is 3. The van der Waals surface area contributed by atoms with Crippen molar-refractivity contribution in [3.05, 3.63) is 60.7 Å². The van der Waals surface area contributed by atoms with Crippen LogP contribution in [0.3, 0.4) is 0 Å². The highest BCUT2D eigenvalue weighted by molar-refractivity contribution is 5.85. The molecule has 0 aliphatic carbocycles. The number of ether oxygens (including phenoxy) is 3. The zero-order valence-electron chi connectivity index (χ0n) is 20.7. The quantitative estimate of drug-likeness (QED) is 0.143. The Hall–Kier alpha value is -3.42. The van der Waals surface area contributed by atoms with E-state index in [1.165, 1.54) is 6.07 Å². The van der Waals surface area contributed by atoms with Crippen LogP contribution in [0.15, 0.2) is 59.5 Å². The van der Waals surface area contributed by atoms with Crippen LogP contribution in [0.2, 0.25) is 0 Å². The molecule has 3 aromatic rings. The Balaban J connectivity index is 1.81. The van der Waals surface area contributed by atoms with Crippen LogP contribution in [0, 0.1) is 5.41 Å². The summed E-state index contributed by atoms with van der Waals surface area (Å²) < 4.78 is 60.6. The van der Waals surface area contributed by atoms with Gasteiger partial charge in [0.2, 0.25) is 0 Å². The third kappa shape index (κ3) is 7.80. The topological polar surface area (TPSA) is 57.9 Å². The van der Waals surface area contributed by atoms with Gasteiger partial charge in [0.15, 0.2) is 0 Å². The number of benzene rings is 2. The van der Waals surface area contributed by atoms with E-state index in [9.17, 15) is 18.0 Å². The maximum atomic E-state index is 13.1. The van der Waals surface area contributed by atoms with Gasteiger partial charge in [0.25, 0.3) is 0 Å². The molecule has 0 bridgehead atoms. The van der Waals surface area contributed by atoms with Crippen LogP contribution in [0.4, 0.5) is 13.2 Å². The predicted molar refractivity (Wildman–Crippen MR) is 132 cm³/mol. The third-order valence-corrected chi connectivity index (χ3v) is 5.50. The number of carbonyl (C=O) groups excluding carboxylic acids is 1. The highest BCUT2D eigenvalue weighted by Gasteiger charge is 2.33. The van der Waals surface area contributed by atoms with E-state index in [-0.39, 0.29) is 30.3 Å². The van der Waals surface area contributed by atoms with Gasteiger partial charge in [0, 0.05) is 22.9 Å². The molecule has 0 saturated carbocycles. The van der Waals surface area contributed by atoms with Gasteiger partial charge in [-0.1, -0.05) is 46.3 Å². The number of unbranched alkanes of at least 4 members (excludes halogenated alkanes) is 2. The molecular weight excluding hydrogens is 473 g/mol. The van der Waals surface area contributed by atoms with Gasteiger partial charge in [-0.3, -0.25) is 0 Å². The lowest BCUT2D eigenvalue weighted by Crippen LogP contribution is -2.28. The fourth-order valence-electron chi connectivity index (χ4n) is 3.59. The molecule has 3 rings (SSSR count). The van der Waals surface area contributed by atoms with E-state index < -0.39 is 17.7 Å². The van der Waals surface area contributed by atoms with Crippen LogP contribution < -0.4 is 9.47 Å². The van der Waals surface area contributed by atoms with Gasteiger partial charge in [-0.2, -0.15) is 0 Å². The molecule has 0 radical (unpaired) electrons. The fraction of sp³-hybridized carbons (Fsp3) is 0.393. The van der Waals surface area contributed by atoms with Crippen molar-refractivity contribution >= 4 is 16.9 Å². The van der Waals surface area contributed by atoms with Gasteiger partial charge >= 0.3 is 12.3 Å². The molecule has 5 nitrogen and oxygen atoms in total. The molecule has 0 spiro atoms. The molecular formula is C28H31F3O5. The van der Waals surface area contributed by atoms with Gasteiger partial charge in [-0.15, -0.1) is 13.2 Å². The van der Waals surface area contributed by atoms with E-state index in [0.717, 1.165) is 30.9 Å². The van der Waals surface area contributed by atoms with Crippen molar-refractivity contribution in [3.8, 4) is 22.8 Å². The fourth-order valence-corrected chi connectivity index (χ4v) is 3.59. The first-order valence-electron chi connectivity index (χ1n) is 11.8. The summed E-state index contributed by atoms with van der Waals surface area (Å²) in [7, 11) is 0. The van der Waals surface area contributed by atoms with Crippen molar-refractivity contribution in [1.29, 1.82) is 0 Å². The maximum Gasteiger partial charge on any atom is 0.573 e. The largest absolute Gasteiger partial charge is 0.573 e. The van der Waals surface area contributed by atoms with E-state index in [2.05, 4.69) is 18.2 Å². The van der Waals surface area contributed by atoms with Gasteiger partial charge in [-0.05, 0) is 48.7 Å². The molecule has 36 heavy (non-hydrogen) atoms. The number of fused-ring (bicyclic) bond motifs is 1. The molecule has 0 N–H and O–H groups in total. The molecule has 0 unspecified atom stereocenters. The van der Waals surface area contributed by atoms with Crippen molar-refractivity contribution in [2.24, 2.45) is 5.41 Å². The number of esters is 1. The highest BCUT2D eigenvalue weighted by atomic mass is 19.4. The molecule has 0 amide bonds. The number of hydrogen-bond donors (Lipinski definition) is 0. The number of furan rings is 1. The van der Waals surface area contributed by atoms with Gasteiger partial charge in [0.05, 0.1) is 18.8 Å². The first-order chi connectivity index (χ1) is 17.0. The number of aryl methyl sites for hydroxylation is 1. The lowest BCUT2D eigenvalue weighted by molar-refractivity contribution is -0.274. The minimum absolute atomic E-state index is 0.154. The monoisotopic (exact) mass is 504 g/mol. The minimum Gasteiger partial charge on any atom is -0.493 e. The molecule has 0 fully saturated rings. The Labute approximate surface area is 208 Å². The predicted octanol–water partition coefficient (Wildman–Crippen LogP) is 7.87. The lowest BCUT2D eigenvalue weighted by atomic mass is 9.96. The van der Waals surface area contributed by atoms with Crippen LogP contribution in [-0.4, -0.2) is 25.5 Å². The van der Waals surface area contributed by atoms with Crippen LogP contribution in [0.5, 0.6) is 11.5 Å². The second-order valence-corrected chi connectivity index (χ2v) is 9.41. The molecule has 2 aromatic carbocycles. The van der Waals surface area contributed by atoms with Gasteiger partial charge in [-0.25, -0.2) is 4.79 Å². The van der Waals surface area contributed by atoms with Crippen LogP contribution >= 0.6 is 0 Å². The Morgan fingerprint density at radius 2 is 1.83 bits per heavy atom. The SMILES string of the molecule is C=CC(=O)OCC(C)(C)COc1ccc2cc(-c3ccc(CCCCC)cc3OC(F)(F)F)oc2c1. The summed E-state index contributed by atoms with van der Waals surface area (Å²) in [5, 5.41) is 0.710. The van der Waals surface area contributed by atoms with E-state index in [1.807, 2.05) is 13.8 Å². The van der Waals surface area contributed by atoms with Crippen LogP contribution in [0.25, 0.3) is 22.3 Å². The normalized spacial score (nSPS) is 11.9. The Bertz CT molecular complexity index is 1190. The smallest absolute Gasteiger partial charge is 0.493 e. The molecule has 194 valence electrons. The molecule has 1 heterocycles. The summed E-state index contributed by atoms with van der Waals surface area (Å²) in [5.74, 6) is -0.0129. The van der Waals surface area contributed by atoms with Crippen molar-refractivity contribution in [3.63, 3.8) is 0 Å². The van der Waals surface area contributed by atoms with Crippen LogP contribution in [0.1, 0.15) is 45.6 Å². The summed E-state index contributed by atoms with van der Waals surface area (Å²) in [6.07, 6.45) is -0.132. The minimum atomic E-state index is -4.82. The van der Waals surface area contributed by atoms with Gasteiger partial charge in [0.1, 0.15) is 22.8 Å². The number of carbonyl (C=O) groups is 1. The first-order valence-corrected chi connectivity index (χ1v) is 11.8. The second kappa shape index (κ2) is 11.5. The average molecular weight is 505 g/mol. The molecule has 0 aliphatic heterocycles. The Morgan fingerprint density at radius 3 is 2.53 bits per heavy atom. The van der Waals surface area contributed by atoms with Crippen molar-refractivity contribution in [2.45, 2.75) is 52.8 Å². The molecule has 0 saturated heterocycles. The molecule has 0 aliphatic rings. The van der Waals surface area contributed by atoms with E-state index in [0.29, 0.717) is 23.1 Å². The summed E-state index contributed by atoms with van der Waals surface area (Å²) in [6, 6.07) is 11.7. The summed E-state index contributed by atoms with van der Waals surface area (Å²) in [4.78, 5) is 11.3. The van der Waals surface area contributed by atoms with Crippen molar-refractivity contribution < 1.29 is 36.6 Å². The van der Waals surface area contributed by atoms with E-state index in [1.54, 1.807) is 36.4 Å². The second-order valence-electron chi connectivity index (χ2n) is 9.41. The average Bonchev–Trinajstić information content (AvgIpc) is 3.24. The van der Waals surface area contributed by atoms with Crippen molar-refractivity contribution in [2.75, 3.05) is 13.2 Å². The third-order valence-electron chi connectivity index (χ3n) is 5.50. The highest BCUT2D eigenvalue weighted by Crippen LogP contribution is 2.38. The number of hydrogen-bond acceptors (Lipinski definition) is 5. The standard InChI is InChI=1S/C28H31F3O5/c1-5-7-8-9-19-10-13-22(25(14-19)36-28(29,30)31)24-15-20-11-12-21(16-23(20)35-24)33-17-27(3,4)18-34-26(32)6-2/h6,10-16H,2,5,7-9,17-18H2,1,3-4H3. The zero-order valence-corrected chi connectivity index (χ0v) is 20.7. The zero-order chi connectivity index (χ0) is 26.3. The van der Waals surface area contributed by atoms with Crippen LogP contribution in [-0.2, 0) is 16.0 Å². The Morgan fingerprint density at radius 1 is 1.06 bits per heavy atom. The molecule has 1 aromatic heterocycles.